The normalized spacial score (nSPS) is 11.6. The van der Waals surface area contributed by atoms with Crippen LogP contribution in [0.4, 0.5) is 0 Å². The zero-order valence-electron chi connectivity index (χ0n) is 13.5. The van der Waals surface area contributed by atoms with Crippen LogP contribution in [0.3, 0.4) is 0 Å². The minimum absolute atomic E-state index is 0.256. The van der Waals surface area contributed by atoms with Gasteiger partial charge in [-0.05, 0) is 35.2 Å². The van der Waals surface area contributed by atoms with E-state index in [1.807, 2.05) is 22.9 Å². The number of hydrogen-bond acceptors (Lipinski definition) is 9. The summed E-state index contributed by atoms with van der Waals surface area (Å²) in [7, 11) is 0. The van der Waals surface area contributed by atoms with Gasteiger partial charge in [-0.2, -0.15) is 32.3 Å². The largest absolute Gasteiger partial charge is 0.368 e. The Bertz CT molecular complexity index is 634. The Hall–Kier alpha value is -1.17. The van der Waals surface area contributed by atoms with Crippen LogP contribution in [-0.4, -0.2) is 50.6 Å². The third kappa shape index (κ3) is 9.19. The second-order valence-corrected chi connectivity index (χ2v) is 8.37. The Balaban J connectivity index is 1.61. The number of hydrogen-bond donors (Lipinski definition) is 1. The fourth-order valence-electron chi connectivity index (χ4n) is 1.77. The number of nitro groups is 1. The summed E-state index contributed by atoms with van der Waals surface area (Å²) in [6.07, 6.45) is 0. The van der Waals surface area contributed by atoms with Gasteiger partial charge in [0.1, 0.15) is 0 Å². The highest BCUT2D eigenvalue weighted by Crippen LogP contribution is 2.12. The number of amidine groups is 1. The summed E-state index contributed by atoms with van der Waals surface area (Å²) in [5.41, 5.74) is 2.14. The molecule has 0 amide bonds. The predicted molar refractivity (Wildman–Crippen MR) is 109 cm³/mol. The quantitative estimate of drug-likeness (QED) is 0.186. The lowest BCUT2D eigenvalue weighted by atomic mass is 10.5. The van der Waals surface area contributed by atoms with E-state index in [1.54, 1.807) is 23.5 Å². The van der Waals surface area contributed by atoms with E-state index in [9.17, 15) is 10.1 Å². The summed E-state index contributed by atoms with van der Waals surface area (Å²) >= 11 is 6.38. The minimum atomic E-state index is -0.351. The molecular weight excluding hydrogens is 398 g/mol. The minimum Gasteiger partial charge on any atom is -0.368 e. The molecule has 0 radical (unpaired) electrons. The van der Waals surface area contributed by atoms with Crippen molar-refractivity contribution in [1.29, 1.82) is 0 Å². The highest BCUT2D eigenvalue weighted by Gasteiger charge is 2.07. The van der Waals surface area contributed by atoms with Crippen molar-refractivity contribution in [2.45, 2.75) is 11.5 Å². The molecule has 1 N–H and O–H groups in total. The highest BCUT2D eigenvalue weighted by atomic mass is 32.2. The summed E-state index contributed by atoms with van der Waals surface area (Å²) < 4.78 is 8.49. The molecule has 0 fully saturated rings. The first-order valence-corrected chi connectivity index (χ1v) is 11.6. The van der Waals surface area contributed by atoms with E-state index in [0.717, 1.165) is 34.4 Å². The summed E-state index contributed by atoms with van der Waals surface area (Å²) in [6, 6.07) is 4.01. The van der Waals surface area contributed by atoms with Crippen LogP contribution < -0.4 is 5.32 Å². The highest BCUT2D eigenvalue weighted by molar-refractivity contribution is 7.98. The first kappa shape index (κ1) is 20.1. The Morgan fingerprint density at radius 3 is 2.36 bits per heavy atom. The Morgan fingerprint density at radius 2 is 1.80 bits per heavy atom. The van der Waals surface area contributed by atoms with Crippen LogP contribution in [0.25, 0.3) is 0 Å². The molecule has 0 bridgehead atoms. The monoisotopic (exact) mass is 417 g/mol. The van der Waals surface area contributed by atoms with E-state index in [4.69, 9.17) is 0 Å². The average molecular weight is 418 g/mol. The molecule has 0 aliphatic carbocycles. The summed E-state index contributed by atoms with van der Waals surface area (Å²) in [6.45, 7) is 0.970. The van der Waals surface area contributed by atoms with Crippen molar-refractivity contribution in [2.75, 3.05) is 31.1 Å². The molecule has 0 aliphatic rings. The molecular formula is C14H19N5O2S4. The third-order valence-electron chi connectivity index (χ3n) is 2.87. The van der Waals surface area contributed by atoms with E-state index in [1.165, 1.54) is 23.1 Å². The molecule has 0 unspecified atom stereocenters. The number of aliphatic imine (C=N–C) groups is 1. The smallest absolute Gasteiger partial charge is 0.259 e. The van der Waals surface area contributed by atoms with Gasteiger partial charge in [-0.3, -0.25) is 15.1 Å². The average Bonchev–Trinajstić information content (AvgIpc) is 3.27. The van der Waals surface area contributed by atoms with Gasteiger partial charge in [-0.1, -0.05) is 0 Å². The molecule has 0 aliphatic heterocycles. The van der Waals surface area contributed by atoms with Gasteiger partial charge < -0.3 is 5.32 Å². The summed E-state index contributed by atoms with van der Waals surface area (Å²) in [5, 5.41) is 17.8. The van der Waals surface area contributed by atoms with Crippen LogP contribution in [0, 0.1) is 10.1 Å². The maximum absolute atomic E-state index is 10.8. The number of nitrogens with zero attached hydrogens (tertiary/aromatic N) is 4. The Morgan fingerprint density at radius 1 is 1.16 bits per heavy atom. The van der Waals surface area contributed by atoms with Gasteiger partial charge in [0.2, 0.25) is 0 Å². The Kier molecular flexibility index (Phi) is 9.85. The van der Waals surface area contributed by atoms with E-state index >= 15 is 0 Å². The zero-order valence-corrected chi connectivity index (χ0v) is 16.8. The molecule has 11 heteroatoms. The van der Waals surface area contributed by atoms with Gasteiger partial charge >= 0.3 is 0 Å². The maximum Gasteiger partial charge on any atom is 0.259 e. The topological polar surface area (TPSA) is 93.3 Å². The lowest BCUT2D eigenvalue weighted by Gasteiger charge is -2.06. The fourth-order valence-corrected chi connectivity index (χ4v) is 4.51. The van der Waals surface area contributed by atoms with Gasteiger partial charge in [-0.15, -0.1) is 0 Å². The molecule has 2 heterocycles. The number of aromatic nitrogens is 2. The van der Waals surface area contributed by atoms with Gasteiger partial charge in [0, 0.05) is 45.2 Å². The molecule has 2 aromatic heterocycles. The molecule has 0 saturated carbocycles. The SMILES string of the molecule is O=[N+]([O-])CC(=NCCSCc1ccsn1)NCCSCc1ccsn1. The number of rotatable bonds is 12. The molecule has 7 nitrogen and oxygen atoms in total. The predicted octanol–water partition coefficient (Wildman–Crippen LogP) is 3.03. The molecule has 0 saturated heterocycles. The third-order valence-corrected chi connectivity index (χ3v) is 6.03. The van der Waals surface area contributed by atoms with Gasteiger partial charge in [0.15, 0.2) is 5.84 Å². The van der Waals surface area contributed by atoms with Crippen molar-refractivity contribution in [2.24, 2.45) is 4.99 Å². The lowest BCUT2D eigenvalue weighted by Crippen LogP contribution is -2.32. The summed E-state index contributed by atoms with van der Waals surface area (Å²) in [5.74, 6) is 3.84. The van der Waals surface area contributed by atoms with Crippen molar-refractivity contribution in [1.82, 2.24) is 14.1 Å². The number of thioether (sulfide) groups is 2. The molecule has 136 valence electrons. The van der Waals surface area contributed by atoms with E-state index in [0.29, 0.717) is 18.9 Å². The van der Waals surface area contributed by atoms with Crippen LogP contribution in [0.2, 0.25) is 0 Å². The number of nitrogens with one attached hydrogen (secondary N) is 1. The lowest BCUT2D eigenvalue weighted by molar-refractivity contribution is -0.463. The molecule has 0 spiro atoms. The second kappa shape index (κ2) is 12.2. The van der Waals surface area contributed by atoms with Crippen molar-refractivity contribution < 1.29 is 4.92 Å². The first-order chi connectivity index (χ1) is 12.2. The maximum atomic E-state index is 10.8. The first-order valence-electron chi connectivity index (χ1n) is 7.57. The van der Waals surface area contributed by atoms with E-state index in [-0.39, 0.29) is 11.5 Å². The van der Waals surface area contributed by atoms with Crippen LogP contribution in [0.5, 0.6) is 0 Å². The van der Waals surface area contributed by atoms with Crippen LogP contribution >= 0.6 is 46.6 Å². The summed E-state index contributed by atoms with van der Waals surface area (Å²) in [4.78, 5) is 14.7. The fraction of sp³-hybridized carbons (Fsp3) is 0.500. The Labute approximate surface area is 163 Å². The van der Waals surface area contributed by atoms with Crippen LogP contribution in [-0.2, 0) is 11.5 Å². The van der Waals surface area contributed by atoms with Crippen molar-refractivity contribution in [3.63, 3.8) is 0 Å². The van der Waals surface area contributed by atoms with Crippen molar-refractivity contribution in [3.8, 4) is 0 Å². The standard InChI is InChI=1S/C14H19N5O2S4/c20-19(21)9-14(15-3-7-22-10-12-1-5-24-17-12)16-4-8-23-11-13-2-6-25-18-13/h1-2,5-6H,3-4,7-11H2,(H,15,16). The molecule has 0 aromatic carbocycles. The van der Waals surface area contributed by atoms with Gasteiger partial charge in [-0.25, -0.2) is 0 Å². The molecule has 25 heavy (non-hydrogen) atoms. The molecule has 2 rings (SSSR count). The van der Waals surface area contributed by atoms with E-state index < -0.39 is 0 Å². The van der Waals surface area contributed by atoms with Crippen molar-refractivity contribution >= 4 is 52.4 Å². The van der Waals surface area contributed by atoms with Crippen LogP contribution in [0.1, 0.15) is 11.4 Å². The van der Waals surface area contributed by atoms with Gasteiger partial charge in [0.25, 0.3) is 6.54 Å². The second-order valence-electron chi connectivity index (χ2n) is 4.83. The van der Waals surface area contributed by atoms with Crippen LogP contribution in [0.15, 0.2) is 27.9 Å². The van der Waals surface area contributed by atoms with Crippen molar-refractivity contribution in [3.05, 3.63) is 44.4 Å². The molecule has 2 aromatic rings. The molecule has 0 atom stereocenters. The van der Waals surface area contributed by atoms with E-state index in [2.05, 4.69) is 19.1 Å². The van der Waals surface area contributed by atoms with Gasteiger partial charge in [0.05, 0.1) is 17.9 Å². The zero-order chi connectivity index (χ0) is 17.7.